The van der Waals surface area contributed by atoms with Gasteiger partial charge < -0.3 is 19.5 Å². The summed E-state index contributed by atoms with van der Waals surface area (Å²) in [6, 6.07) is 5.19. The van der Waals surface area contributed by atoms with Gasteiger partial charge >= 0.3 is 0 Å². The van der Waals surface area contributed by atoms with Crippen molar-refractivity contribution in [2.24, 2.45) is 0 Å². The average Bonchev–Trinajstić information content (AvgIpc) is 2.60. The zero-order valence-corrected chi connectivity index (χ0v) is 16.4. The van der Waals surface area contributed by atoms with Gasteiger partial charge in [-0.15, -0.1) is 0 Å². The third-order valence-electron chi connectivity index (χ3n) is 3.85. The smallest absolute Gasteiger partial charge is 0.256 e. The number of hydrogen-bond acceptors (Lipinski definition) is 4. The zero-order valence-electron chi connectivity index (χ0n) is 15.7. The second-order valence-electron chi connectivity index (χ2n) is 6.12. The van der Waals surface area contributed by atoms with Gasteiger partial charge in [-0.25, -0.2) is 0 Å². The van der Waals surface area contributed by atoms with Crippen molar-refractivity contribution in [3.8, 4) is 5.75 Å². The first-order valence-corrected chi connectivity index (χ1v) is 9.21. The van der Waals surface area contributed by atoms with E-state index in [0.29, 0.717) is 42.7 Å². The molecule has 0 heterocycles. The van der Waals surface area contributed by atoms with Crippen molar-refractivity contribution >= 4 is 23.2 Å². The number of unbranched alkanes of at least 4 members (excludes halogenated alkanes) is 1. The molecule has 1 atom stereocenters. The molecule has 0 aliphatic rings. The summed E-state index contributed by atoms with van der Waals surface area (Å²) in [6.45, 7) is 7.43. The highest BCUT2D eigenvalue weighted by Crippen LogP contribution is 2.29. The maximum Gasteiger partial charge on any atom is 0.256 e. The Morgan fingerprint density at radius 2 is 1.96 bits per heavy atom. The first-order valence-electron chi connectivity index (χ1n) is 8.83. The number of halogens is 1. The lowest BCUT2D eigenvalue weighted by atomic mass is 9.97. The number of amides is 1. The molecule has 0 aromatic heterocycles. The standard InChI is InChI=1S/C19H30ClNO4/c1-5-7-10-19(3,25-11-6-2)18(22)21-15-8-9-17(16(20)14-15)24-13-12-23-4/h8-9,14H,5-7,10-13H2,1-4H3,(H,21,22)/t19-/m1/s1. The Balaban J connectivity index is 2.76. The normalized spacial score (nSPS) is 13.3. The number of hydrogen-bond donors (Lipinski definition) is 1. The number of carbonyl (C=O) groups is 1. The van der Waals surface area contributed by atoms with Crippen molar-refractivity contribution in [1.82, 2.24) is 0 Å². The van der Waals surface area contributed by atoms with Crippen LogP contribution in [-0.4, -0.2) is 38.4 Å². The highest BCUT2D eigenvalue weighted by molar-refractivity contribution is 6.32. The van der Waals surface area contributed by atoms with Gasteiger partial charge in [-0.2, -0.15) is 0 Å². The van der Waals surface area contributed by atoms with E-state index in [1.807, 2.05) is 13.8 Å². The molecule has 0 unspecified atom stereocenters. The lowest BCUT2D eigenvalue weighted by Gasteiger charge is -2.28. The van der Waals surface area contributed by atoms with Crippen LogP contribution < -0.4 is 10.1 Å². The summed E-state index contributed by atoms with van der Waals surface area (Å²) >= 11 is 6.22. The predicted molar refractivity (Wildman–Crippen MR) is 102 cm³/mol. The Morgan fingerprint density at radius 3 is 2.56 bits per heavy atom. The average molecular weight is 372 g/mol. The number of rotatable bonds is 12. The minimum absolute atomic E-state index is 0.154. The summed E-state index contributed by atoms with van der Waals surface area (Å²) in [6.07, 6.45) is 3.49. The van der Waals surface area contributed by atoms with Gasteiger partial charge in [0.05, 0.1) is 11.6 Å². The van der Waals surface area contributed by atoms with Gasteiger partial charge in [0.1, 0.15) is 18.0 Å². The van der Waals surface area contributed by atoms with Gasteiger partial charge in [-0.05, 0) is 38.0 Å². The molecule has 1 N–H and O–H groups in total. The van der Waals surface area contributed by atoms with Crippen LogP contribution in [0.1, 0.15) is 46.5 Å². The van der Waals surface area contributed by atoms with Gasteiger partial charge in [-0.3, -0.25) is 4.79 Å². The van der Waals surface area contributed by atoms with Crippen LogP contribution in [0.25, 0.3) is 0 Å². The summed E-state index contributed by atoms with van der Waals surface area (Å²) < 4.78 is 16.3. The maximum absolute atomic E-state index is 12.7. The lowest BCUT2D eigenvalue weighted by Crippen LogP contribution is -2.43. The highest BCUT2D eigenvalue weighted by Gasteiger charge is 2.33. The van der Waals surface area contributed by atoms with Gasteiger partial charge in [0.25, 0.3) is 5.91 Å². The van der Waals surface area contributed by atoms with Crippen LogP contribution in [0, 0.1) is 0 Å². The molecule has 25 heavy (non-hydrogen) atoms. The Labute approximate surface area is 156 Å². The first-order chi connectivity index (χ1) is 12.0. The summed E-state index contributed by atoms with van der Waals surface area (Å²) in [5, 5.41) is 3.35. The second-order valence-corrected chi connectivity index (χ2v) is 6.53. The van der Waals surface area contributed by atoms with Crippen LogP contribution in [0.5, 0.6) is 5.75 Å². The summed E-state index contributed by atoms with van der Waals surface area (Å²) in [5.74, 6) is 0.409. The molecule has 5 nitrogen and oxygen atoms in total. The topological polar surface area (TPSA) is 56.8 Å². The van der Waals surface area contributed by atoms with Crippen molar-refractivity contribution in [3.05, 3.63) is 23.2 Å². The molecule has 0 saturated carbocycles. The van der Waals surface area contributed by atoms with Gasteiger partial charge in [0, 0.05) is 19.4 Å². The molecule has 1 rings (SSSR count). The monoisotopic (exact) mass is 371 g/mol. The fourth-order valence-electron chi connectivity index (χ4n) is 2.29. The summed E-state index contributed by atoms with van der Waals surface area (Å²) in [4.78, 5) is 12.7. The zero-order chi connectivity index (χ0) is 18.7. The summed E-state index contributed by atoms with van der Waals surface area (Å²) in [7, 11) is 1.61. The van der Waals surface area contributed by atoms with E-state index >= 15 is 0 Å². The fraction of sp³-hybridized carbons (Fsp3) is 0.632. The van der Waals surface area contributed by atoms with Crippen molar-refractivity contribution < 1.29 is 19.0 Å². The van der Waals surface area contributed by atoms with E-state index in [2.05, 4.69) is 12.2 Å². The first kappa shape index (κ1) is 21.7. The highest BCUT2D eigenvalue weighted by atomic mass is 35.5. The van der Waals surface area contributed by atoms with Gasteiger partial charge in [-0.1, -0.05) is 38.3 Å². The maximum atomic E-state index is 12.7. The molecule has 1 amide bonds. The predicted octanol–water partition coefficient (Wildman–Crippen LogP) is 4.68. The summed E-state index contributed by atoms with van der Waals surface area (Å²) in [5.41, 5.74) is -0.219. The number of carbonyl (C=O) groups excluding carboxylic acids is 1. The van der Waals surface area contributed by atoms with E-state index in [-0.39, 0.29) is 5.91 Å². The van der Waals surface area contributed by atoms with Gasteiger partial charge in [0.2, 0.25) is 0 Å². The van der Waals surface area contributed by atoms with Gasteiger partial charge in [0.15, 0.2) is 0 Å². The molecule has 1 aromatic rings. The molecule has 0 aliphatic carbocycles. The molecule has 0 aliphatic heterocycles. The van der Waals surface area contributed by atoms with Crippen molar-refractivity contribution in [2.75, 3.05) is 32.2 Å². The Morgan fingerprint density at radius 1 is 1.20 bits per heavy atom. The molecular formula is C19H30ClNO4. The molecule has 0 bridgehead atoms. The lowest BCUT2D eigenvalue weighted by molar-refractivity contribution is -0.140. The Kier molecular flexibility index (Phi) is 9.86. The van der Waals surface area contributed by atoms with Crippen LogP contribution in [0.15, 0.2) is 18.2 Å². The van der Waals surface area contributed by atoms with E-state index < -0.39 is 5.60 Å². The molecule has 0 fully saturated rings. The van der Waals surface area contributed by atoms with Crippen LogP contribution in [0.4, 0.5) is 5.69 Å². The third kappa shape index (κ3) is 7.22. The molecule has 0 saturated heterocycles. The van der Waals surface area contributed by atoms with E-state index in [4.69, 9.17) is 25.8 Å². The van der Waals surface area contributed by atoms with E-state index in [1.54, 1.807) is 25.3 Å². The second kappa shape index (κ2) is 11.3. The van der Waals surface area contributed by atoms with Crippen molar-refractivity contribution in [3.63, 3.8) is 0 Å². The molecule has 6 heteroatoms. The van der Waals surface area contributed by atoms with Crippen LogP contribution in [0.2, 0.25) is 5.02 Å². The molecule has 0 radical (unpaired) electrons. The molecular weight excluding hydrogens is 342 g/mol. The fourth-order valence-corrected chi connectivity index (χ4v) is 2.52. The van der Waals surface area contributed by atoms with Crippen LogP contribution in [-0.2, 0) is 14.3 Å². The van der Waals surface area contributed by atoms with E-state index in [9.17, 15) is 4.79 Å². The SMILES string of the molecule is CCCC[C@@](C)(OCCC)C(=O)Nc1ccc(OCCOC)c(Cl)c1. The molecule has 1 aromatic carbocycles. The van der Waals surface area contributed by atoms with E-state index in [0.717, 1.165) is 19.3 Å². The van der Waals surface area contributed by atoms with Crippen LogP contribution in [0.3, 0.4) is 0 Å². The van der Waals surface area contributed by atoms with Crippen molar-refractivity contribution in [2.45, 2.75) is 52.1 Å². The largest absolute Gasteiger partial charge is 0.490 e. The molecule has 142 valence electrons. The van der Waals surface area contributed by atoms with Crippen molar-refractivity contribution in [1.29, 1.82) is 0 Å². The number of anilines is 1. The quantitative estimate of drug-likeness (QED) is 0.542. The minimum Gasteiger partial charge on any atom is -0.490 e. The number of methoxy groups -OCH3 is 1. The minimum atomic E-state index is -0.841. The number of benzene rings is 1. The number of ether oxygens (including phenoxy) is 3. The molecule has 0 spiro atoms. The van der Waals surface area contributed by atoms with E-state index in [1.165, 1.54) is 0 Å². The Bertz CT molecular complexity index is 528. The van der Waals surface area contributed by atoms with Crippen LogP contribution >= 0.6 is 11.6 Å². The Hall–Kier alpha value is -1.30. The third-order valence-corrected chi connectivity index (χ3v) is 4.14. The number of nitrogens with one attached hydrogen (secondary N) is 1.